The van der Waals surface area contributed by atoms with Gasteiger partial charge in [-0.15, -0.1) is 0 Å². The minimum atomic E-state index is -0.385. The molecule has 0 radical (unpaired) electrons. The normalized spacial score (nSPS) is 14.4. The Morgan fingerprint density at radius 1 is 1.39 bits per heavy atom. The van der Waals surface area contributed by atoms with E-state index in [0.29, 0.717) is 0 Å². The molecule has 2 N–H and O–H groups in total. The van der Waals surface area contributed by atoms with Crippen molar-refractivity contribution >= 4 is 0 Å². The molecule has 0 spiro atoms. The number of benzene rings is 1. The van der Waals surface area contributed by atoms with Gasteiger partial charge in [0.15, 0.2) is 0 Å². The summed E-state index contributed by atoms with van der Waals surface area (Å²) in [6, 6.07) is 8.39. The summed E-state index contributed by atoms with van der Waals surface area (Å²) in [5, 5.41) is 0. The van der Waals surface area contributed by atoms with Gasteiger partial charge in [0.25, 0.3) is 0 Å². The summed E-state index contributed by atoms with van der Waals surface area (Å²) in [4.78, 5) is 4.40. The summed E-state index contributed by atoms with van der Waals surface area (Å²) in [7, 11) is 0. The molecule has 0 aliphatic rings. The molecule has 96 valence electrons. The lowest BCUT2D eigenvalue weighted by molar-refractivity contribution is 0.465. The van der Waals surface area contributed by atoms with Crippen LogP contribution < -0.4 is 5.73 Å². The lowest BCUT2D eigenvalue weighted by Crippen LogP contribution is -2.36. The summed E-state index contributed by atoms with van der Waals surface area (Å²) < 4.78 is 2.14. The molecule has 18 heavy (non-hydrogen) atoms. The topological polar surface area (TPSA) is 43.8 Å². The highest BCUT2D eigenvalue weighted by Gasteiger charge is 2.23. The van der Waals surface area contributed by atoms with Gasteiger partial charge in [0.2, 0.25) is 0 Å². The van der Waals surface area contributed by atoms with E-state index < -0.39 is 0 Å². The van der Waals surface area contributed by atoms with Crippen LogP contribution in [0.25, 0.3) is 0 Å². The minimum absolute atomic E-state index is 0.385. The van der Waals surface area contributed by atoms with E-state index in [9.17, 15) is 0 Å². The number of imidazole rings is 1. The molecule has 1 aromatic carbocycles. The fraction of sp³-hybridized carbons (Fsp3) is 0.400. The highest BCUT2D eigenvalue weighted by Crippen LogP contribution is 2.23. The molecule has 3 nitrogen and oxygen atoms in total. The van der Waals surface area contributed by atoms with Gasteiger partial charge < -0.3 is 10.3 Å². The number of hydrogen-bond acceptors (Lipinski definition) is 2. The maximum atomic E-state index is 6.47. The number of nitrogens with two attached hydrogens (primary N) is 1. The van der Waals surface area contributed by atoms with Gasteiger partial charge in [-0.05, 0) is 26.3 Å². The number of nitrogens with zero attached hydrogens (tertiary/aromatic N) is 2. The Labute approximate surface area is 109 Å². The summed E-state index contributed by atoms with van der Waals surface area (Å²) in [5.74, 6) is 1.05. The zero-order valence-corrected chi connectivity index (χ0v) is 11.4. The summed E-state index contributed by atoms with van der Waals surface area (Å²) in [6.07, 6.45) is 4.59. The van der Waals surface area contributed by atoms with Gasteiger partial charge in [0.1, 0.15) is 5.82 Å². The van der Waals surface area contributed by atoms with E-state index in [-0.39, 0.29) is 5.54 Å². The second-order valence-corrected chi connectivity index (χ2v) is 5.09. The highest BCUT2D eigenvalue weighted by atomic mass is 15.1. The fourth-order valence-corrected chi connectivity index (χ4v) is 2.23. The van der Waals surface area contributed by atoms with Crippen LogP contribution in [0.15, 0.2) is 36.7 Å². The standard InChI is InChI=1S/C15H21N3/c1-4-18-9-8-17-14(18)11-15(3,16)13-7-5-6-12(2)10-13/h5-10H,4,11,16H2,1-3H3. The van der Waals surface area contributed by atoms with Crippen LogP contribution in [0, 0.1) is 6.92 Å². The Hall–Kier alpha value is -1.61. The van der Waals surface area contributed by atoms with Crippen molar-refractivity contribution in [3.8, 4) is 0 Å². The summed E-state index contributed by atoms with van der Waals surface area (Å²) in [6.45, 7) is 7.20. The smallest absolute Gasteiger partial charge is 0.110 e. The second kappa shape index (κ2) is 4.94. The van der Waals surface area contributed by atoms with Gasteiger partial charge in [-0.2, -0.15) is 0 Å². The average molecular weight is 243 g/mol. The lowest BCUT2D eigenvalue weighted by Gasteiger charge is -2.25. The Morgan fingerprint density at radius 2 is 2.17 bits per heavy atom. The zero-order chi connectivity index (χ0) is 13.2. The SMILES string of the molecule is CCn1ccnc1CC(C)(N)c1cccc(C)c1. The Balaban J connectivity index is 2.26. The average Bonchev–Trinajstić information content (AvgIpc) is 2.75. The molecule has 0 bridgehead atoms. The third kappa shape index (κ3) is 2.62. The van der Waals surface area contributed by atoms with Crippen molar-refractivity contribution in [1.82, 2.24) is 9.55 Å². The molecule has 1 atom stereocenters. The number of aromatic nitrogens is 2. The van der Waals surface area contributed by atoms with Gasteiger partial charge in [0.05, 0.1) is 0 Å². The molecule has 2 rings (SSSR count). The van der Waals surface area contributed by atoms with Crippen molar-refractivity contribution in [2.45, 2.75) is 39.3 Å². The molecule has 0 saturated carbocycles. The maximum Gasteiger partial charge on any atom is 0.110 e. The highest BCUT2D eigenvalue weighted by molar-refractivity contribution is 5.29. The monoisotopic (exact) mass is 243 g/mol. The molecule has 0 aliphatic heterocycles. The van der Waals surface area contributed by atoms with E-state index >= 15 is 0 Å². The molecule has 2 aromatic rings. The van der Waals surface area contributed by atoms with Gasteiger partial charge in [0, 0.05) is 30.9 Å². The summed E-state index contributed by atoms with van der Waals surface area (Å²) >= 11 is 0. The van der Waals surface area contributed by atoms with Gasteiger partial charge in [-0.1, -0.05) is 29.8 Å². The van der Waals surface area contributed by atoms with Gasteiger partial charge >= 0.3 is 0 Å². The largest absolute Gasteiger partial charge is 0.335 e. The van der Waals surface area contributed by atoms with E-state index in [1.54, 1.807) is 0 Å². The van der Waals surface area contributed by atoms with Crippen molar-refractivity contribution in [2.24, 2.45) is 5.73 Å². The van der Waals surface area contributed by atoms with Crippen molar-refractivity contribution in [2.75, 3.05) is 0 Å². The van der Waals surface area contributed by atoms with Gasteiger partial charge in [-0.25, -0.2) is 4.98 Å². The molecule has 0 saturated heterocycles. The first-order chi connectivity index (χ1) is 8.53. The second-order valence-electron chi connectivity index (χ2n) is 5.09. The van der Waals surface area contributed by atoms with E-state index in [0.717, 1.165) is 24.4 Å². The molecule has 1 unspecified atom stereocenters. The zero-order valence-electron chi connectivity index (χ0n) is 11.4. The Kier molecular flexibility index (Phi) is 3.53. The quantitative estimate of drug-likeness (QED) is 0.897. The lowest BCUT2D eigenvalue weighted by atomic mass is 9.88. The molecule has 0 aliphatic carbocycles. The van der Waals surface area contributed by atoms with Crippen molar-refractivity contribution in [3.63, 3.8) is 0 Å². The van der Waals surface area contributed by atoms with Crippen LogP contribution in [-0.2, 0) is 18.5 Å². The van der Waals surface area contributed by atoms with Crippen LogP contribution >= 0.6 is 0 Å². The molecular weight excluding hydrogens is 222 g/mol. The Bertz CT molecular complexity index is 526. The van der Waals surface area contributed by atoms with Crippen molar-refractivity contribution in [3.05, 3.63) is 53.6 Å². The fourth-order valence-electron chi connectivity index (χ4n) is 2.23. The first kappa shape index (κ1) is 12.8. The number of hydrogen-bond donors (Lipinski definition) is 1. The third-order valence-electron chi connectivity index (χ3n) is 3.35. The molecule has 1 heterocycles. The van der Waals surface area contributed by atoms with Crippen LogP contribution in [0.5, 0.6) is 0 Å². The third-order valence-corrected chi connectivity index (χ3v) is 3.35. The van der Waals surface area contributed by atoms with E-state index in [2.05, 4.69) is 54.6 Å². The van der Waals surface area contributed by atoms with Crippen LogP contribution in [0.1, 0.15) is 30.8 Å². The first-order valence-electron chi connectivity index (χ1n) is 6.39. The predicted octanol–water partition coefficient (Wildman–Crippen LogP) is 2.63. The predicted molar refractivity (Wildman–Crippen MR) is 74.3 cm³/mol. The number of aryl methyl sites for hydroxylation is 2. The van der Waals surface area contributed by atoms with E-state index in [1.165, 1.54) is 5.56 Å². The molecule has 1 aromatic heterocycles. The first-order valence-corrected chi connectivity index (χ1v) is 6.39. The maximum absolute atomic E-state index is 6.47. The van der Waals surface area contributed by atoms with E-state index in [1.807, 2.05) is 12.4 Å². The summed E-state index contributed by atoms with van der Waals surface area (Å²) in [5.41, 5.74) is 8.48. The van der Waals surface area contributed by atoms with Crippen molar-refractivity contribution in [1.29, 1.82) is 0 Å². The van der Waals surface area contributed by atoms with E-state index in [4.69, 9.17) is 5.73 Å². The molecular formula is C15H21N3. The Morgan fingerprint density at radius 3 is 2.83 bits per heavy atom. The molecule has 0 fully saturated rings. The van der Waals surface area contributed by atoms with Crippen LogP contribution in [0.2, 0.25) is 0 Å². The van der Waals surface area contributed by atoms with Crippen LogP contribution in [0.4, 0.5) is 0 Å². The van der Waals surface area contributed by atoms with Crippen molar-refractivity contribution < 1.29 is 0 Å². The molecule has 0 amide bonds. The van der Waals surface area contributed by atoms with Crippen LogP contribution in [0.3, 0.4) is 0 Å². The molecule has 3 heteroatoms. The van der Waals surface area contributed by atoms with Gasteiger partial charge in [-0.3, -0.25) is 0 Å². The van der Waals surface area contributed by atoms with Crippen LogP contribution in [-0.4, -0.2) is 9.55 Å². The minimum Gasteiger partial charge on any atom is -0.335 e. The number of rotatable bonds is 4.